The summed E-state index contributed by atoms with van der Waals surface area (Å²) in [4.78, 5) is 40.5. The highest BCUT2D eigenvalue weighted by molar-refractivity contribution is 6.34. The molecular formula is C18H18ClN5O4. The molecule has 0 fully saturated rings. The van der Waals surface area contributed by atoms with E-state index in [4.69, 9.17) is 16.3 Å². The summed E-state index contributed by atoms with van der Waals surface area (Å²) in [5.41, 5.74) is 2.24. The van der Waals surface area contributed by atoms with Gasteiger partial charge in [0.2, 0.25) is 0 Å². The van der Waals surface area contributed by atoms with Gasteiger partial charge in [0.15, 0.2) is 12.3 Å². The number of benzene rings is 1. The summed E-state index contributed by atoms with van der Waals surface area (Å²) in [6.45, 7) is 2.84. The standard InChI is InChI=1S/C18H18ClN5O4/c1-10-4-11(2)16(13(19)5-10)22-14(25)8-28-15(26)7-24-9-20-17-12(18(24)27)6-21-23(17)3/h4-6,9H,7-8H2,1-3H3,(H,22,25). The average molecular weight is 404 g/mol. The van der Waals surface area contributed by atoms with Crippen LogP contribution in [0, 0.1) is 13.8 Å². The van der Waals surface area contributed by atoms with Crippen LogP contribution in [0.25, 0.3) is 11.0 Å². The Balaban J connectivity index is 1.61. The summed E-state index contributed by atoms with van der Waals surface area (Å²) in [6, 6.07) is 3.60. The molecular weight excluding hydrogens is 386 g/mol. The minimum absolute atomic E-state index is 0.292. The first-order chi connectivity index (χ1) is 13.3. The number of hydrogen-bond acceptors (Lipinski definition) is 6. The van der Waals surface area contributed by atoms with Gasteiger partial charge < -0.3 is 10.1 Å². The Labute approximate surface area is 164 Å². The highest BCUT2D eigenvalue weighted by Crippen LogP contribution is 2.27. The second-order valence-corrected chi connectivity index (χ2v) is 6.74. The van der Waals surface area contributed by atoms with Crippen LogP contribution >= 0.6 is 11.6 Å². The van der Waals surface area contributed by atoms with E-state index in [0.717, 1.165) is 15.7 Å². The number of ether oxygens (including phenoxy) is 1. The van der Waals surface area contributed by atoms with Crippen LogP contribution in [-0.4, -0.2) is 37.8 Å². The zero-order valence-corrected chi connectivity index (χ0v) is 16.3. The lowest BCUT2D eigenvalue weighted by Gasteiger charge is -2.12. The molecule has 2 heterocycles. The fourth-order valence-corrected chi connectivity index (χ4v) is 3.13. The van der Waals surface area contributed by atoms with Crippen molar-refractivity contribution in [3.63, 3.8) is 0 Å². The predicted octanol–water partition coefficient (Wildman–Crippen LogP) is 1.58. The summed E-state index contributed by atoms with van der Waals surface area (Å²) in [5.74, 6) is -1.27. The maximum absolute atomic E-state index is 12.3. The number of carbonyl (C=O) groups is 2. The molecule has 146 valence electrons. The smallest absolute Gasteiger partial charge is 0.326 e. The summed E-state index contributed by atoms with van der Waals surface area (Å²) < 4.78 is 7.52. The first-order valence-corrected chi connectivity index (χ1v) is 8.73. The molecule has 0 aliphatic carbocycles. The number of aryl methyl sites for hydroxylation is 3. The van der Waals surface area contributed by atoms with Crippen LogP contribution in [-0.2, 0) is 27.9 Å². The number of anilines is 1. The molecule has 0 spiro atoms. The number of carbonyl (C=O) groups excluding carboxylic acids is 2. The van der Waals surface area contributed by atoms with Gasteiger partial charge >= 0.3 is 5.97 Å². The maximum Gasteiger partial charge on any atom is 0.326 e. The van der Waals surface area contributed by atoms with Crippen molar-refractivity contribution in [1.82, 2.24) is 19.3 Å². The van der Waals surface area contributed by atoms with Gasteiger partial charge in [-0.15, -0.1) is 0 Å². The van der Waals surface area contributed by atoms with E-state index in [2.05, 4.69) is 15.4 Å². The number of fused-ring (bicyclic) bond motifs is 1. The lowest BCUT2D eigenvalue weighted by molar-refractivity contribution is -0.147. The normalized spacial score (nSPS) is 10.9. The monoisotopic (exact) mass is 403 g/mol. The number of esters is 1. The van der Waals surface area contributed by atoms with E-state index >= 15 is 0 Å². The van der Waals surface area contributed by atoms with Crippen LogP contribution in [0.5, 0.6) is 0 Å². The highest BCUT2D eigenvalue weighted by Gasteiger charge is 2.14. The van der Waals surface area contributed by atoms with E-state index in [1.54, 1.807) is 13.1 Å². The molecule has 28 heavy (non-hydrogen) atoms. The zero-order valence-electron chi connectivity index (χ0n) is 15.5. The van der Waals surface area contributed by atoms with Gasteiger partial charge in [0.25, 0.3) is 11.5 Å². The van der Waals surface area contributed by atoms with E-state index in [-0.39, 0.29) is 6.54 Å². The molecule has 0 aliphatic heterocycles. The number of nitrogens with zero attached hydrogens (tertiary/aromatic N) is 4. The molecule has 10 heteroatoms. The van der Waals surface area contributed by atoms with Crippen molar-refractivity contribution in [1.29, 1.82) is 0 Å². The second-order valence-electron chi connectivity index (χ2n) is 6.33. The van der Waals surface area contributed by atoms with Crippen LogP contribution in [0.1, 0.15) is 11.1 Å². The van der Waals surface area contributed by atoms with Gasteiger partial charge in [-0.05, 0) is 31.0 Å². The molecule has 0 radical (unpaired) electrons. The molecule has 0 bridgehead atoms. The molecule has 1 amide bonds. The van der Waals surface area contributed by atoms with Gasteiger partial charge in [0.05, 0.1) is 16.9 Å². The van der Waals surface area contributed by atoms with E-state index in [1.807, 2.05) is 19.9 Å². The van der Waals surface area contributed by atoms with Crippen LogP contribution in [0.15, 0.2) is 29.5 Å². The number of aromatic nitrogens is 4. The van der Waals surface area contributed by atoms with Gasteiger partial charge in [-0.2, -0.15) is 5.10 Å². The third kappa shape index (κ3) is 4.04. The van der Waals surface area contributed by atoms with Crippen LogP contribution < -0.4 is 10.9 Å². The fourth-order valence-electron chi connectivity index (χ4n) is 2.76. The first-order valence-electron chi connectivity index (χ1n) is 8.35. The van der Waals surface area contributed by atoms with Crippen LogP contribution in [0.2, 0.25) is 5.02 Å². The quantitative estimate of drug-likeness (QED) is 0.648. The van der Waals surface area contributed by atoms with Crippen LogP contribution in [0.3, 0.4) is 0 Å². The SMILES string of the molecule is Cc1cc(C)c(NC(=O)COC(=O)Cn2cnc3c(cnn3C)c2=O)c(Cl)c1. The number of hydrogen-bond donors (Lipinski definition) is 1. The minimum Gasteiger partial charge on any atom is -0.454 e. The summed E-state index contributed by atoms with van der Waals surface area (Å²) in [5, 5.41) is 7.27. The number of rotatable bonds is 5. The summed E-state index contributed by atoms with van der Waals surface area (Å²) in [6.07, 6.45) is 2.62. The topological polar surface area (TPSA) is 108 Å². The highest BCUT2D eigenvalue weighted by atomic mass is 35.5. The van der Waals surface area contributed by atoms with Gasteiger partial charge in [0.1, 0.15) is 18.3 Å². The molecule has 3 rings (SSSR count). The van der Waals surface area contributed by atoms with E-state index in [9.17, 15) is 14.4 Å². The molecule has 0 unspecified atom stereocenters. The number of amides is 1. The second kappa shape index (κ2) is 7.81. The molecule has 2 aromatic heterocycles. The van der Waals surface area contributed by atoms with Crippen molar-refractivity contribution in [3.8, 4) is 0 Å². The molecule has 9 nitrogen and oxygen atoms in total. The van der Waals surface area contributed by atoms with Crippen molar-refractivity contribution in [3.05, 3.63) is 51.2 Å². The maximum atomic E-state index is 12.3. The van der Waals surface area contributed by atoms with E-state index in [1.165, 1.54) is 17.2 Å². The minimum atomic E-state index is -0.742. The van der Waals surface area contributed by atoms with Crippen molar-refractivity contribution >= 4 is 40.2 Å². The van der Waals surface area contributed by atoms with E-state index < -0.39 is 24.0 Å². The molecule has 0 aliphatic rings. The van der Waals surface area contributed by atoms with Crippen LogP contribution in [0.4, 0.5) is 5.69 Å². The Morgan fingerprint density at radius 1 is 1.29 bits per heavy atom. The average Bonchev–Trinajstić information content (AvgIpc) is 3.00. The number of nitrogens with one attached hydrogen (secondary N) is 1. The van der Waals surface area contributed by atoms with Gasteiger partial charge in [-0.25, -0.2) is 4.98 Å². The fraction of sp³-hybridized carbons (Fsp3) is 0.278. The van der Waals surface area contributed by atoms with Crippen molar-refractivity contribution in [2.24, 2.45) is 7.05 Å². The summed E-state index contributed by atoms with van der Waals surface area (Å²) in [7, 11) is 1.66. The third-order valence-corrected chi connectivity index (χ3v) is 4.38. The molecule has 0 atom stereocenters. The molecule has 0 saturated heterocycles. The van der Waals surface area contributed by atoms with Gasteiger partial charge in [-0.1, -0.05) is 17.7 Å². The predicted molar refractivity (Wildman–Crippen MR) is 103 cm³/mol. The van der Waals surface area contributed by atoms with Crippen molar-refractivity contribution in [2.75, 3.05) is 11.9 Å². The summed E-state index contributed by atoms with van der Waals surface area (Å²) >= 11 is 6.14. The Morgan fingerprint density at radius 3 is 2.75 bits per heavy atom. The Kier molecular flexibility index (Phi) is 5.46. The first kappa shape index (κ1) is 19.6. The Bertz CT molecular complexity index is 1110. The molecule has 1 aromatic carbocycles. The lowest BCUT2D eigenvalue weighted by atomic mass is 10.1. The Morgan fingerprint density at radius 2 is 2.04 bits per heavy atom. The van der Waals surface area contributed by atoms with Crippen molar-refractivity contribution < 1.29 is 14.3 Å². The Hall–Kier alpha value is -3.20. The van der Waals surface area contributed by atoms with Gasteiger partial charge in [-0.3, -0.25) is 23.6 Å². The lowest BCUT2D eigenvalue weighted by Crippen LogP contribution is -2.28. The van der Waals surface area contributed by atoms with E-state index in [0.29, 0.717) is 21.7 Å². The van der Waals surface area contributed by atoms with Crippen molar-refractivity contribution in [2.45, 2.75) is 20.4 Å². The largest absolute Gasteiger partial charge is 0.454 e. The molecule has 1 N–H and O–H groups in total. The molecule has 0 saturated carbocycles. The molecule has 3 aromatic rings. The number of halogens is 1. The van der Waals surface area contributed by atoms with Gasteiger partial charge in [0, 0.05) is 7.05 Å². The third-order valence-electron chi connectivity index (χ3n) is 4.08. The zero-order chi connectivity index (χ0) is 20.4.